The Morgan fingerprint density at radius 3 is 2.10 bits per heavy atom. The molecule has 1 aromatic rings. The Bertz CT molecular complexity index is 384. The topological polar surface area (TPSA) is 32.5 Å². The van der Waals surface area contributed by atoms with Crippen molar-refractivity contribution in [3.8, 4) is 0 Å². The van der Waals surface area contributed by atoms with Crippen LogP contribution in [-0.2, 0) is 6.42 Å². The van der Waals surface area contributed by atoms with Crippen molar-refractivity contribution in [3.63, 3.8) is 0 Å². The number of nitrogens with zero attached hydrogens (tertiary/aromatic N) is 2. The molecule has 0 heterocycles. The maximum atomic E-state index is 6.41. The molecule has 3 heteroatoms. The van der Waals surface area contributed by atoms with Gasteiger partial charge in [0.15, 0.2) is 0 Å². The van der Waals surface area contributed by atoms with Crippen molar-refractivity contribution in [3.05, 3.63) is 35.4 Å². The molecule has 0 bridgehead atoms. The molecule has 0 aliphatic carbocycles. The van der Waals surface area contributed by atoms with Crippen molar-refractivity contribution >= 4 is 0 Å². The highest BCUT2D eigenvalue weighted by atomic mass is 15.2. The average Bonchev–Trinajstić information content (AvgIpc) is 2.44. The predicted octanol–water partition coefficient (Wildman–Crippen LogP) is 2.77. The summed E-state index contributed by atoms with van der Waals surface area (Å²) >= 11 is 0. The normalized spacial score (nSPS) is 13.4. The quantitative estimate of drug-likeness (QED) is 0.759. The Labute approximate surface area is 131 Å². The Morgan fingerprint density at radius 2 is 1.62 bits per heavy atom. The van der Waals surface area contributed by atoms with Crippen LogP contribution in [0.5, 0.6) is 0 Å². The number of hydrogen-bond donors (Lipinski definition) is 1. The fourth-order valence-corrected chi connectivity index (χ4v) is 2.50. The molecule has 3 nitrogen and oxygen atoms in total. The molecule has 2 N–H and O–H groups in total. The third-order valence-corrected chi connectivity index (χ3v) is 3.76. The van der Waals surface area contributed by atoms with Crippen LogP contribution in [0.25, 0.3) is 0 Å². The second kappa shape index (κ2) is 9.19. The van der Waals surface area contributed by atoms with Crippen LogP contribution in [0.15, 0.2) is 24.3 Å². The van der Waals surface area contributed by atoms with E-state index in [0.29, 0.717) is 5.92 Å². The lowest BCUT2D eigenvalue weighted by Gasteiger charge is -2.28. The molecule has 0 spiro atoms. The van der Waals surface area contributed by atoms with E-state index < -0.39 is 0 Å². The van der Waals surface area contributed by atoms with Gasteiger partial charge in [-0.1, -0.05) is 45.0 Å². The van der Waals surface area contributed by atoms with Gasteiger partial charge in [0.05, 0.1) is 0 Å². The molecular formula is C18H33N3. The van der Waals surface area contributed by atoms with Gasteiger partial charge in [0.1, 0.15) is 0 Å². The summed E-state index contributed by atoms with van der Waals surface area (Å²) in [5, 5.41) is 0. The maximum Gasteiger partial charge on any atom is 0.0424 e. The number of hydrogen-bond acceptors (Lipinski definition) is 3. The lowest BCUT2D eigenvalue weighted by Crippen LogP contribution is -2.39. The molecule has 1 aromatic carbocycles. The van der Waals surface area contributed by atoms with Crippen molar-refractivity contribution in [1.82, 2.24) is 9.80 Å². The zero-order valence-corrected chi connectivity index (χ0v) is 14.5. The van der Waals surface area contributed by atoms with E-state index in [0.717, 1.165) is 32.6 Å². The van der Waals surface area contributed by atoms with Gasteiger partial charge in [-0.2, -0.15) is 0 Å². The van der Waals surface area contributed by atoms with Crippen LogP contribution in [-0.4, -0.2) is 50.1 Å². The molecule has 0 aliphatic rings. The summed E-state index contributed by atoms with van der Waals surface area (Å²) in [5.74, 6) is 0.668. The van der Waals surface area contributed by atoms with Crippen LogP contribution < -0.4 is 5.73 Å². The summed E-state index contributed by atoms with van der Waals surface area (Å²) in [4.78, 5) is 4.72. The van der Waals surface area contributed by atoms with Gasteiger partial charge in [0, 0.05) is 32.2 Å². The van der Waals surface area contributed by atoms with E-state index >= 15 is 0 Å². The number of aryl methyl sites for hydroxylation is 1. The minimum Gasteiger partial charge on any atom is -0.323 e. The zero-order chi connectivity index (χ0) is 15.8. The summed E-state index contributed by atoms with van der Waals surface area (Å²) in [5.41, 5.74) is 9.03. The molecular weight excluding hydrogens is 258 g/mol. The molecule has 1 atom stereocenters. The van der Waals surface area contributed by atoms with E-state index in [1.54, 1.807) is 0 Å². The Kier molecular flexibility index (Phi) is 7.94. The molecule has 1 unspecified atom stereocenters. The van der Waals surface area contributed by atoms with E-state index in [-0.39, 0.29) is 6.04 Å². The standard InChI is InChI=1S/C18H33N3/c1-6-16-7-9-17(10-8-16)18(19)14-21(13-15(2)3)12-11-20(4)5/h7-10,15,18H,6,11-14,19H2,1-5H3. The number of nitrogens with two attached hydrogens (primary N) is 1. The molecule has 0 aliphatic heterocycles. The molecule has 21 heavy (non-hydrogen) atoms. The number of rotatable bonds is 9. The van der Waals surface area contributed by atoms with Gasteiger partial charge in [0.2, 0.25) is 0 Å². The molecule has 0 saturated heterocycles. The van der Waals surface area contributed by atoms with Crippen molar-refractivity contribution in [2.45, 2.75) is 33.2 Å². The van der Waals surface area contributed by atoms with Crippen molar-refractivity contribution < 1.29 is 0 Å². The van der Waals surface area contributed by atoms with Crippen LogP contribution in [0.4, 0.5) is 0 Å². The summed E-state index contributed by atoms with van der Waals surface area (Å²) in [6.45, 7) is 10.9. The fourth-order valence-electron chi connectivity index (χ4n) is 2.50. The first-order valence-electron chi connectivity index (χ1n) is 8.13. The van der Waals surface area contributed by atoms with E-state index in [1.807, 2.05) is 0 Å². The first-order valence-corrected chi connectivity index (χ1v) is 8.13. The summed E-state index contributed by atoms with van der Waals surface area (Å²) in [6.07, 6.45) is 1.08. The molecule has 0 radical (unpaired) electrons. The first-order chi connectivity index (χ1) is 9.92. The minimum atomic E-state index is 0.0943. The highest BCUT2D eigenvalue weighted by Crippen LogP contribution is 2.14. The first kappa shape index (κ1) is 18.1. The van der Waals surface area contributed by atoms with Crippen LogP contribution in [0.2, 0.25) is 0 Å². The van der Waals surface area contributed by atoms with E-state index in [2.05, 4.69) is 68.9 Å². The smallest absolute Gasteiger partial charge is 0.0424 e. The lowest BCUT2D eigenvalue weighted by atomic mass is 10.0. The van der Waals surface area contributed by atoms with Crippen LogP contribution >= 0.6 is 0 Å². The molecule has 0 amide bonds. The highest BCUT2D eigenvalue weighted by molar-refractivity contribution is 5.25. The van der Waals surface area contributed by atoms with Crippen molar-refractivity contribution in [1.29, 1.82) is 0 Å². The second-order valence-corrected chi connectivity index (χ2v) is 6.66. The maximum absolute atomic E-state index is 6.41. The SMILES string of the molecule is CCc1ccc(C(N)CN(CCN(C)C)CC(C)C)cc1. The van der Waals surface area contributed by atoms with Gasteiger partial charge in [-0.15, -0.1) is 0 Å². The molecule has 0 saturated carbocycles. The Morgan fingerprint density at radius 1 is 1.00 bits per heavy atom. The monoisotopic (exact) mass is 291 g/mol. The predicted molar refractivity (Wildman–Crippen MR) is 92.6 cm³/mol. The second-order valence-electron chi connectivity index (χ2n) is 6.66. The van der Waals surface area contributed by atoms with Crippen molar-refractivity contribution in [2.75, 3.05) is 40.3 Å². The Hall–Kier alpha value is -0.900. The lowest BCUT2D eigenvalue weighted by molar-refractivity contribution is 0.208. The molecule has 0 aromatic heterocycles. The zero-order valence-electron chi connectivity index (χ0n) is 14.5. The van der Waals surface area contributed by atoms with Gasteiger partial charge in [0.25, 0.3) is 0 Å². The van der Waals surface area contributed by atoms with Gasteiger partial charge >= 0.3 is 0 Å². The molecule has 120 valence electrons. The summed E-state index contributed by atoms with van der Waals surface area (Å²) in [7, 11) is 4.24. The van der Waals surface area contributed by atoms with E-state index in [1.165, 1.54) is 11.1 Å². The van der Waals surface area contributed by atoms with Gasteiger partial charge in [-0.3, -0.25) is 4.90 Å². The summed E-state index contributed by atoms with van der Waals surface area (Å²) in [6, 6.07) is 8.85. The average molecular weight is 291 g/mol. The van der Waals surface area contributed by atoms with E-state index in [9.17, 15) is 0 Å². The number of likely N-dealkylation sites (N-methyl/N-ethyl adjacent to an activating group) is 1. The highest BCUT2D eigenvalue weighted by Gasteiger charge is 2.14. The number of benzene rings is 1. The van der Waals surface area contributed by atoms with Gasteiger partial charge in [-0.25, -0.2) is 0 Å². The Balaban J connectivity index is 2.62. The summed E-state index contributed by atoms with van der Waals surface area (Å²) < 4.78 is 0. The van der Waals surface area contributed by atoms with E-state index in [4.69, 9.17) is 5.73 Å². The van der Waals surface area contributed by atoms with Crippen LogP contribution in [0.1, 0.15) is 37.9 Å². The molecule has 0 fully saturated rings. The largest absolute Gasteiger partial charge is 0.323 e. The van der Waals surface area contributed by atoms with Crippen molar-refractivity contribution in [2.24, 2.45) is 11.7 Å². The fraction of sp³-hybridized carbons (Fsp3) is 0.667. The van der Waals surface area contributed by atoms with Gasteiger partial charge < -0.3 is 10.6 Å². The van der Waals surface area contributed by atoms with Crippen LogP contribution in [0.3, 0.4) is 0 Å². The molecule has 1 rings (SSSR count). The van der Waals surface area contributed by atoms with Gasteiger partial charge in [-0.05, 0) is 37.6 Å². The minimum absolute atomic E-state index is 0.0943. The third-order valence-electron chi connectivity index (χ3n) is 3.76. The third kappa shape index (κ3) is 7.07. The van der Waals surface area contributed by atoms with Crippen LogP contribution in [0, 0.1) is 5.92 Å².